The van der Waals surface area contributed by atoms with Crippen LogP contribution in [0.1, 0.15) is 32.4 Å². The summed E-state index contributed by atoms with van der Waals surface area (Å²) in [7, 11) is 0. The summed E-state index contributed by atoms with van der Waals surface area (Å²) < 4.78 is 71.7. The molecule has 0 fully saturated rings. The first-order chi connectivity index (χ1) is 15.1. The third-order valence-electron chi connectivity index (χ3n) is 4.29. The van der Waals surface area contributed by atoms with E-state index in [-0.39, 0.29) is 36.8 Å². The molecule has 8 nitrogen and oxygen atoms in total. The van der Waals surface area contributed by atoms with Crippen LogP contribution in [0.5, 0.6) is 0 Å². The number of fused-ring (bicyclic) bond motifs is 1. The summed E-state index contributed by atoms with van der Waals surface area (Å²) in [5, 5.41) is 5.57. The van der Waals surface area contributed by atoms with Gasteiger partial charge in [-0.15, -0.1) is 11.3 Å². The number of carbonyl (C=O) groups excluding carboxylic acids is 2. The van der Waals surface area contributed by atoms with E-state index in [1.165, 1.54) is 18.4 Å². The number of nitrogens with zero attached hydrogens (tertiary/aromatic N) is 3. The van der Waals surface area contributed by atoms with Crippen molar-refractivity contribution in [3.05, 3.63) is 53.0 Å². The summed E-state index contributed by atoms with van der Waals surface area (Å²) in [6, 6.07) is 4.49. The summed E-state index contributed by atoms with van der Waals surface area (Å²) >= 11 is 0.511. The normalized spacial score (nSPS) is 11.9. The fraction of sp³-hybridized carbons (Fsp3) is 0.111. The van der Waals surface area contributed by atoms with Crippen LogP contribution < -0.4 is 11.1 Å². The van der Waals surface area contributed by atoms with Crippen molar-refractivity contribution >= 4 is 39.1 Å². The van der Waals surface area contributed by atoms with Crippen molar-refractivity contribution in [2.75, 3.05) is 5.32 Å². The van der Waals surface area contributed by atoms with Crippen molar-refractivity contribution < 1.29 is 36.0 Å². The lowest BCUT2D eigenvalue weighted by Gasteiger charge is -2.11. The van der Waals surface area contributed by atoms with Crippen molar-refractivity contribution in [1.29, 1.82) is 0 Å². The average molecular weight is 471 g/mol. The SMILES string of the molecule is NC(=O)c1sc2nc(C(F)(F)F)cc(-c3ccco3)c2c1NC(=O)c1ccnn1C(F)F. The molecular weight excluding hydrogens is 461 g/mol. The minimum absolute atomic E-state index is 0.00941. The number of anilines is 1. The van der Waals surface area contributed by atoms with E-state index >= 15 is 0 Å². The molecule has 0 aromatic carbocycles. The highest BCUT2D eigenvalue weighted by atomic mass is 32.1. The Kier molecular flexibility index (Phi) is 5.16. The minimum Gasteiger partial charge on any atom is -0.464 e. The maximum absolute atomic E-state index is 13.4. The zero-order chi connectivity index (χ0) is 23.2. The number of primary amides is 1. The standard InChI is InChI=1S/C18H10F5N5O3S/c19-17(20)28-8(3-4-25-28)15(30)27-12-11-7(9-2-1-5-31-9)6-10(18(21,22)23)26-16(11)32-13(12)14(24)29/h1-6,17H,(H2,24,29)(H,27,30). The van der Waals surface area contributed by atoms with Crippen molar-refractivity contribution in [2.45, 2.75) is 12.7 Å². The predicted molar refractivity (Wildman–Crippen MR) is 102 cm³/mol. The Bertz CT molecular complexity index is 1330. The van der Waals surface area contributed by atoms with E-state index in [9.17, 15) is 31.5 Å². The average Bonchev–Trinajstić information content (AvgIpc) is 3.46. The van der Waals surface area contributed by atoms with Gasteiger partial charge in [0.05, 0.1) is 12.0 Å². The molecular formula is C18H10F5N5O3S. The molecule has 0 aliphatic rings. The Hall–Kier alpha value is -3.81. The van der Waals surface area contributed by atoms with E-state index < -0.39 is 35.9 Å². The first-order valence-corrected chi connectivity index (χ1v) is 9.41. The molecule has 0 saturated heterocycles. The van der Waals surface area contributed by atoms with Gasteiger partial charge in [0.1, 0.15) is 26.9 Å². The summed E-state index contributed by atoms with van der Waals surface area (Å²) in [4.78, 5) is 27.6. The number of pyridine rings is 1. The fourth-order valence-corrected chi connectivity index (χ4v) is 4.00. The molecule has 3 N–H and O–H groups in total. The number of hydrogen-bond acceptors (Lipinski definition) is 6. The molecule has 4 aromatic heterocycles. The van der Waals surface area contributed by atoms with Crippen molar-refractivity contribution in [3.8, 4) is 11.3 Å². The number of thiophene rings is 1. The van der Waals surface area contributed by atoms with E-state index in [1.807, 2.05) is 0 Å². The van der Waals surface area contributed by atoms with Gasteiger partial charge in [-0.05, 0) is 24.3 Å². The summed E-state index contributed by atoms with van der Waals surface area (Å²) in [6.45, 7) is -3.13. The number of nitrogens with one attached hydrogen (secondary N) is 1. The van der Waals surface area contributed by atoms with E-state index in [0.717, 1.165) is 12.3 Å². The van der Waals surface area contributed by atoms with Crippen LogP contribution in [0.3, 0.4) is 0 Å². The molecule has 14 heteroatoms. The second kappa shape index (κ2) is 7.71. The Labute approximate surface area is 178 Å². The topological polar surface area (TPSA) is 116 Å². The number of aromatic nitrogens is 3. The van der Waals surface area contributed by atoms with Crippen molar-refractivity contribution in [3.63, 3.8) is 0 Å². The number of hydrogen-bond donors (Lipinski definition) is 2. The minimum atomic E-state index is -4.82. The molecule has 0 atom stereocenters. The second-order valence-electron chi connectivity index (χ2n) is 6.27. The summed E-state index contributed by atoms with van der Waals surface area (Å²) in [6.07, 6.45) is -2.64. The van der Waals surface area contributed by atoms with Gasteiger partial charge in [-0.2, -0.15) is 31.7 Å². The largest absolute Gasteiger partial charge is 0.464 e. The first-order valence-electron chi connectivity index (χ1n) is 8.59. The number of amides is 2. The van der Waals surface area contributed by atoms with Crippen LogP contribution in [0.25, 0.3) is 21.5 Å². The van der Waals surface area contributed by atoms with Gasteiger partial charge in [0.15, 0.2) is 0 Å². The molecule has 0 aliphatic heterocycles. The van der Waals surface area contributed by atoms with Crippen LogP contribution in [0, 0.1) is 0 Å². The molecule has 32 heavy (non-hydrogen) atoms. The number of halogens is 5. The lowest BCUT2D eigenvalue weighted by molar-refractivity contribution is -0.140. The van der Waals surface area contributed by atoms with Gasteiger partial charge in [-0.1, -0.05) is 0 Å². The highest BCUT2D eigenvalue weighted by Crippen LogP contribution is 2.43. The molecule has 0 radical (unpaired) electrons. The van der Waals surface area contributed by atoms with Gasteiger partial charge in [0.25, 0.3) is 11.8 Å². The van der Waals surface area contributed by atoms with Gasteiger partial charge in [0, 0.05) is 17.1 Å². The van der Waals surface area contributed by atoms with Crippen molar-refractivity contribution in [1.82, 2.24) is 14.8 Å². The van der Waals surface area contributed by atoms with E-state index in [0.29, 0.717) is 17.4 Å². The Morgan fingerprint density at radius 3 is 2.59 bits per heavy atom. The van der Waals surface area contributed by atoms with E-state index in [2.05, 4.69) is 15.4 Å². The van der Waals surface area contributed by atoms with Gasteiger partial charge in [-0.25, -0.2) is 4.98 Å². The number of alkyl halides is 5. The highest BCUT2D eigenvalue weighted by Gasteiger charge is 2.35. The fourth-order valence-electron chi connectivity index (χ4n) is 2.99. The maximum atomic E-state index is 13.4. The van der Waals surface area contributed by atoms with Crippen LogP contribution in [0.2, 0.25) is 0 Å². The highest BCUT2D eigenvalue weighted by molar-refractivity contribution is 7.21. The van der Waals surface area contributed by atoms with Crippen LogP contribution in [0.4, 0.5) is 27.6 Å². The quantitative estimate of drug-likeness (QED) is 0.415. The molecule has 0 unspecified atom stereocenters. The van der Waals surface area contributed by atoms with Gasteiger partial charge >= 0.3 is 12.7 Å². The molecule has 4 heterocycles. The molecule has 2 amide bonds. The molecule has 0 saturated carbocycles. The lowest BCUT2D eigenvalue weighted by Crippen LogP contribution is -2.20. The van der Waals surface area contributed by atoms with Crippen molar-refractivity contribution in [2.24, 2.45) is 5.73 Å². The van der Waals surface area contributed by atoms with Gasteiger partial charge in [-0.3, -0.25) is 9.59 Å². The number of furan rings is 1. The number of nitrogens with two attached hydrogens (primary N) is 1. The Morgan fingerprint density at radius 2 is 2.00 bits per heavy atom. The maximum Gasteiger partial charge on any atom is 0.433 e. The first kappa shape index (κ1) is 21.4. The third kappa shape index (κ3) is 3.68. The van der Waals surface area contributed by atoms with Gasteiger partial charge < -0.3 is 15.5 Å². The molecule has 0 aliphatic carbocycles. The van der Waals surface area contributed by atoms with E-state index in [4.69, 9.17) is 10.2 Å². The van der Waals surface area contributed by atoms with Crippen LogP contribution in [-0.2, 0) is 6.18 Å². The summed E-state index contributed by atoms with van der Waals surface area (Å²) in [5.41, 5.74) is 3.13. The van der Waals surface area contributed by atoms with Crippen LogP contribution in [-0.4, -0.2) is 26.6 Å². The predicted octanol–water partition coefficient (Wildman–Crippen LogP) is 4.52. The smallest absolute Gasteiger partial charge is 0.433 e. The molecule has 166 valence electrons. The van der Waals surface area contributed by atoms with Gasteiger partial charge in [0.2, 0.25) is 0 Å². The summed E-state index contributed by atoms with van der Waals surface area (Å²) in [5.74, 6) is -2.16. The third-order valence-corrected chi connectivity index (χ3v) is 5.39. The van der Waals surface area contributed by atoms with Crippen LogP contribution >= 0.6 is 11.3 Å². The molecule has 4 rings (SSSR count). The zero-order valence-electron chi connectivity index (χ0n) is 15.5. The Balaban J connectivity index is 1.95. The monoisotopic (exact) mass is 471 g/mol. The molecule has 4 aromatic rings. The number of carbonyl (C=O) groups is 2. The Morgan fingerprint density at radius 1 is 1.25 bits per heavy atom. The zero-order valence-corrected chi connectivity index (χ0v) is 16.3. The van der Waals surface area contributed by atoms with Crippen LogP contribution in [0.15, 0.2) is 41.1 Å². The lowest BCUT2D eigenvalue weighted by atomic mass is 10.1. The van der Waals surface area contributed by atoms with E-state index in [1.54, 1.807) is 0 Å². The number of rotatable bonds is 5. The second-order valence-corrected chi connectivity index (χ2v) is 7.27. The molecule has 0 bridgehead atoms. The molecule has 0 spiro atoms.